The van der Waals surface area contributed by atoms with Gasteiger partial charge in [-0.05, 0) is 31.4 Å². The molecule has 1 aromatic heterocycles. The third kappa shape index (κ3) is 3.31. The van der Waals surface area contributed by atoms with Crippen molar-refractivity contribution in [2.75, 3.05) is 13.1 Å². The van der Waals surface area contributed by atoms with E-state index in [2.05, 4.69) is 28.7 Å². The minimum absolute atomic E-state index is 0.144. The van der Waals surface area contributed by atoms with Gasteiger partial charge in [-0.25, -0.2) is 9.97 Å². The predicted molar refractivity (Wildman–Crippen MR) is 77.5 cm³/mol. The molecule has 0 saturated heterocycles. The monoisotopic (exact) mass is 262 g/mol. The summed E-state index contributed by atoms with van der Waals surface area (Å²) in [5.41, 5.74) is 6.29. The number of hydrogen-bond donors (Lipinski definition) is 1. The van der Waals surface area contributed by atoms with Crippen molar-refractivity contribution in [2.45, 2.75) is 51.6 Å². The molecule has 2 rings (SSSR count). The Morgan fingerprint density at radius 2 is 2.16 bits per heavy atom. The highest BCUT2D eigenvalue weighted by molar-refractivity contribution is 4.98. The van der Waals surface area contributed by atoms with Gasteiger partial charge in [0, 0.05) is 24.5 Å². The minimum atomic E-state index is 0.144. The van der Waals surface area contributed by atoms with Crippen molar-refractivity contribution in [3.63, 3.8) is 0 Å². The Morgan fingerprint density at radius 3 is 2.74 bits per heavy atom. The zero-order valence-corrected chi connectivity index (χ0v) is 12.2. The first-order valence-corrected chi connectivity index (χ1v) is 7.41. The Hall–Kier alpha value is -1.00. The number of nitrogens with zero attached hydrogens (tertiary/aromatic N) is 3. The summed E-state index contributed by atoms with van der Waals surface area (Å²) in [6.45, 7) is 7.09. The summed E-state index contributed by atoms with van der Waals surface area (Å²) in [6, 6.07) is 1.86. The van der Waals surface area contributed by atoms with Gasteiger partial charge in [0.05, 0.1) is 6.54 Å². The highest BCUT2D eigenvalue weighted by atomic mass is 15.2. The van der Waals surface area contributed by atoms with E-state index < -0.39 is 0 Å². The third-order valence-electron chi connectivity index (χ3n) is 4.45. The van der Waals surface area contributed by atoms with E-state index in [9.17, 15) is 0 Å². The molecular formula is C15H26N4. The lowest BCUT2D eigenvalue weighted by atomic mass is 9.75. The average molecular weight is 262 g/mol. The van der Waals surface area contributed by atoms with Crippen molar-refractivity contribution in [1.82, 2.24) is 14.9 Å². The van der Waals surface area contributed by atoms with E-state index in [-0.39, 0.29) is 5.54 Å². The summed E-state index contributed by atoms with van der Waals surface area (Å²) in [7, 11) is 0. The second-order valence-corrected chi connectivity index (χ2v) is 5.81. The van der Waals surface area contributed by atoms with E-state index >= 15 is 0 Å². The highest BCUT2D eigenvalue weighted by Gasteiger charge is 2.38. The Morgan fingerprint density at radius 1 is 1.42 bits per heavy atom. The van der Waals surface area contributed by atoms with Crippen LogP contribution in [0.5, 0.6) is 0 Å². The van der Waals surface area contributed by atoms with Crippen molar-refractivity contribution >= 4 is 0 Å². The fourth-order valence-electron chi connectivity index (χ4n) is 3.43. The summed E-state index contributed by atoms with van der Waals surface area (Å²) in [5, 5.41) is 0. The van der Waals surface area contributed by atoms with Gasteiger partial charge in [-0.1, -0.05) is 26.7 Å². The third-order valence-corrected chi connectivity index (χ3v) is 4.45. The molecule has 1 fully saturated rings. The Balaban J connectivity index is 2.14. The molecule has 0 bridgehead atoms. The second-order valence-electron chi connectivity index (χ2n) is 5.81. The van der Waals surface area contributed by atoms with Crippen molar-refractivity contribution in [3.05, 3.63) is 24.3 Å². The summed E-state index contributed by atoms with van der Waals surface area (Å²) in [6.07, 6.45) is 8.65. The molecule has 0 aliphatic heterocycles. The van der Waals surface area contributed by atoms with Crippen LogP contribution in [-0.4, -0.2) is 33.5 Å². The fourth-order valence-corrected chi connectivity index (χ4v) is 3.43. The molecule has 0 amide bonds. The molecule has 2 unspecified atom stereocenters. The van der Waals surface area contributed by atoms with E-state index in [1.807, 2.05) is 18.5 Å². The van der Waals surface area contributed by atoms with E-state index in [1.54, 1.807) is 0 Å². The molecule has 19 heavy (non-hydrogen) atoms. The van der Waals surface area contributed by atoms with E-state index in [4.69, 9.17) is 5.73 Å². The van der Waals surface area contributed by atoms with Gasteiger partial charge in [0.1, 0.15) is 5.82 Å². The van der Waals surface area contributed by atoms with E-state index in [0.29, 0.717) is 0 Å². The average Bonchev–Trinajstić information content (AvgIpc) is 2.45. The van der Waals surface area contributed by atoms with Crippen LogP contribution in [0.15, 0.2) is 18.5 Å². The zero-order valence-electron chi connectivity index (χ0n) is 12.2. The van der Waals surface area contributed by atoms with Gasteiger partial charge in [0.25, 0.3) is 0 Å². The van der Waals surface area contributed by atoms with Gasteiger partial charge >= 0.3 is 0 Å². The maximum Gasteiger partial charge on any atom is 0.142 e. The lowest BCUT2D eigenvalue weighted by Gasteiger charge is -2.47. The van der Waals surface area contributed by atoms with Crippen LogP contribution in [0.3, 0.4) is 0 Å². The molecule has 0 aromatic carbocycles. The molecule has 1 aliphatic carbocycles. The van der Waals surface area contributed by atoms with Crippen LogP contribution in [0.1, 0.15) is 45.4 Å². The molecule has 106 valence electrons. The normalized spacial score (nSPS) is 27.7. The standard InChI is InChI=1S/C15H26N4/c1-3-19(11-14-17-8-5-9-18-14)15(12-16)7-4-6-13(2)10-15/h5,8-9,13H,3-4,6-7,10-12,16H2,1-2H3. The van der Waals surface area contributed by atoms with E-state index in [0.717, 1.165) is 31.4 Å². The summed E-state index contributed by atoms with van der Waals surface area (Å²) in [4.78, 5) is 11.2. The minimum Gasteiger partial charge on any atom is -0.329 e. The maximum absolute atomic E-state index is 6.15. The van der Waals surface area contributed by atoms with Crippen LogP contribution in [0, 0.1) is 5.92 Å². The lowest BCUT2D eigenvalue weighted by molar-refractivity contribution is 0.0347. The summed E-state index contributed by atoms with van der Waals surface area (Å²) >= 11 is 0. The smallest absolute Gasteiger partial charge is 0.142 e. The maximum atomic E-state index is 6.15. The first-order chi connectivity index (χ1) is 9.20. The highest BCUT2D eigenvalue weighted by Crippen LogP contribution is 2.36. The molecule has 1 aliphatic rings. The fraction of sp³-hybridized carbons (Fsp3) is 0.733. The predicted octanol–water partition coefficient (Wildman–Crippen LogP) is 2.21. The SMILES string of the molecule is CCN(Cc1ncccn1)C1(CN)CCCC(C)C1. The van der Waals surface area contributed by atoms with Gasteiger partial charge in [-0.3, -0.25) is 4.90 Å². The van der Waals surface area contributed by atoms with Gasteiger partial charge < -0.3 is 5.73 Å². The molecule has 1 heterocycles. The molecule has 0 spiro atoms. The summed E-state index contributed by atoms with van der Waals surface area (Å²) < 4.78 is 0. The second kappa shape index (κ2) is 6.44. The number of nitrogens with two attached hydrogens (primary N) is 1. The summed E-state index contributed by atoms with van der Waals surface area (Å²) in [5.74, 6) is 1.67. The Kier molecular flexibility index (Phi) is 4.88. The molecule has 2 N–H and O–H groups in total. The van der Waals surface area contributed by atoms with Crippen LogP contribution >= 0.6 is 0 Å². The van der Waals surface area contributed by atoms with Crippen LogP contribution in [0.25, 0.3) is 0 Å². The van der Waals surface area contributed by atoms with Crippen LogP contribution < -0.4 is 5.73 Å². The number of rotatable bonds is 5. The lowest BCUT2D eigenvalue weighted by Crippen LogP contribution is -2.55. The topological polar surface area (TPSA) is 55.0 Å². The number of hydrogen-bond acceptors (Lipinski definition) is 4. The molecule has 1 aromatic rings. The molecule has 1 saturated carbocycles. The van der Waals surface area contributed by atoms with Crippen LogP contribution in [-0.2, 0) is 6.54 Å². The molecule has 4 heteroatoms. The van der Waals surface area contributed by atoms with Gasteiger partial charge in [-0.15, -0.1) is 0 Å². The zero-order chi connectivity index (χ0) is 13.7. The molecule has 4 nitrogen and oxygen atoms in total. The van der Waals surface area contributed by atoms with Crippen molar-refractivity contribution in [1.29, 1.82) is 0 Å². The Bertz CT molecular complexity index is 381. The van der Waals surface area contributed by atoms with Gasteiger partial charge in [0.15, 0.2) is 0 Å². The Labute approximate surface area is 116 Å². The van der Waals surface area contributed by atoms with E-state index in [1.165, 1.54) is 25.7 Å². The number of aromatic nitrogens is 2. The van der Waals surface area contributed by atoms with Crippen molar-refractivity contribution in [3.8, 4) is 0 Å². The number of likely N-dealkylation sites (N-methyl/N-ethyl adjacent to an activating group) is 1. The van der Waals surface area contributed by atoms with Crippen LogP contribution in [0.2, 0.25) is 0 Å². The van der Waals surface area contributed by atoms with Crippen LogP contribution in [0.4, 0.5) is 0 Å². The molecule has 2 atom stereocenters. The first kappa shape index (κ1) is 14.4. The quantitative estimate of drug-likeness (QED) is 0.884. The van der Waals surface area contributed by atoms with Gasteiger partial charge in [-0.2, -0.15) is 0 Å². The first-order valence-electron chi connectivity index (χ1n) is 7.41. The van der Waals surface area contributed by atoms with Crippen molar-refractivity contribution < 1.29 is 0 Å². The van der Waals surface area contributed by atoms with Gasteiger partial charge in [0.2, 0.25) is 0 Å². The van der Waals surface area contributed by atoms with Crippen molar-refractivity contribution in [2.24, 2.45) is 11.7 Å². The molecular weight excluding hydrogens is 236 g/mol. The largest absolute Gasteiger partial charge is 0.329 e. The molecule has 0 radical (unpaired) electrons.